The van der Waals surface area contributed by atoms with Crippen LogP contribution >= 0.6 is 0 Å². The molecule has 0 aliphatic heterocycles. The highest BCUT2D eigenvalue weighted by Gasteiger charge is 2.25. The van der Waals surface area contributed by atoms with Gasteiger partial charge in [0.1, 0.15) is 5.75 Å². The lowest BCUT2D eigenvalue weighted by atomic mass is 9.83. The van der Waals surface area contributed by atoms with E-state index in [2.05, 4.69) is 26.1 Å². The van der Waals surface area contributed by atoms with E-state index in [0.29, 0.717) is 11.8 Å². The van der Waals surface area contributed by atoms with E-state index in [9.17, 15) is 10.2 Å². The van der Waals surface area contributed by atoms with Crippen LogP contribution < -0.4 is 5.32 Å². The van der Waals surface area contributed by atoms with Crippen molar-refractivity contribution in [1.82, 2.24) is 5.32 Å². The maximum absolute atomic E-state index is 9.54. The molecular weight excluding hydrogens is 238 g/mol. The minimum Gasteiger partial charge on any atom is -0.508 e. The van der Waals surface area contributed by atoms with Gasteiger partial charge in [0.05, 0.1) is 0 Å². The second-order valence-electron chi connectivity index (χ2n) is 5.52. The normalized spacial score (nSPS) is 13.5. The van der Waals surface area contributed by atoms with Gasteiger partial charge in [-0.25, -0.2) is 0 Å². The molecule has 0 saturated carbocycles. The number of phenolic OH excluding ortho intramolecular Hbond substituents is 1. The van der Waals surface area contributed by atoms with Crippen molar-refractivity contribution in [3.63, 3.8) is 0 Å². The van der Waals surface area contributed by atoms with Crippen LogP contribution in [0.3, 0.4) is 0 Å². The first-order valence-electron chi connectivity index (χ1n) is 7.17. The van der Waals surface area contributed by atoms with Crippen LogP contribution in [0.15, 0.2) is 24.3 Å². The summed E-state index contributed by atoms with van der Waals surface area (Å²) in [6, 6.07) is 7.70. The number of nitrogens with one attached hydrogen (secondary N) is 1. The standard InChI is InChI=1S/C16H27NO2/c1-4-16(5-2,12-18)11-17-13(3)10-14-6-8-15(19)9-7-14/h6-9,13,17-19H,4-5,10-12H2,1-3H3. The monoisotopic (exact) mass is 265 g/mol. The Labute approximate surface area is 116 Å². The van der Waals surface area contributed by atoms with E-state index < -0.39 is 0 Å². The molecular formula is C16H27NO2. The van der Waals surface area contributed by atoms with Gasteiger partial charge in [0.25, 0.3) is 0 Å². The highest BCUT2D eigenvalue weighted by molar-refractivity contribution is 5.26. The largest absolute Gasteiger partial charge is 0.508 e. The first-order chi connectivity index (χ1) is 9.05. The molecule has 0 aromatic heterocycles. The number of aliphatic hydroxyl groups is 1. The number of hydrogen-bond acceptors (Lipinski definition) is 3. The topological polar surface area (TPSA) is 52.5 Å². The van der Waals surface area contributed by atoms with Crippen molar-refractivity contribution in [3.8, 4) is 5.75 Å². The van der Waals surface area contributed by atoms with Crippen molar-refractivity contribution in [3.05, 3.63) is 29.8 Å². The van der Waals surface area contributed by atoms with Crippen molar-refractivity contribution in [2.24, 2.45) is 5.41 Å². The second-order valence-corrected chi connectivity index (χ2v) is 5.52. The molecule has 1 aromatic rings. The molecule has 0 amide bonds. The Balaban J connectivity index is 2.47. The molecule has 3 heteroatoms. The summed E-state index contributed by atoms with van der Waals surface area (Å²) in [5, 5.41) is 22.3. The van der Waals surface area contributed by atoms with E-state index in [0.717, 1.165) is 25.8 Å². The fourth-order valence-corrected chi connectivity index (χ4v) is 2.23. The van der Waals surface area contributed by atoms with E-state index in [1.165, 1.54) is 5.56 Å². The van der Waals surface area contributed by atoms with E-state index in [1.54, 1.807) is 12.1 Å². The molecule has 0 aliphatic carbocycles. The fraction of sp³-hybridized carbons (Fsp3) is 0.625. The van der Waals surface area contributed by atoms with Crippen molar-refractivity contribution in [2.75, 3.05) is 13.2 Å². The molecule has 0 spiro atoms. The maximum Gasteiger partial charge on any atom is 0.115 e. The molecule has 0 radical (unpaired) electrons. The second kappa shape index (κ2) is 7.51. The van der Waals surface area contributed by atoms with Gasteiger partial charge < -0.3 is 15.5 Å². The number of rotatable bonds is 8. The van der Waals surface area contributed by atoms with Gasteiger partial charge in [-0.05, 0) is 43.9 Å². The summed E-state index contributed by atoms with van der Waals surface area (Å²) in [5.41, 5.74) is 1.21. The number of aromatic hydroxyl groups is 1. The number of hydrogen-bond donors (Lipinski definition) is 3. The van der Waals surface area contributed by atoms with E-state index in [1.807, 2.05) is 12.1 Å². The van der Waals surface area contributed by atoms with Crippen molar-refractivity contribution >= 4 is 0 Å². The Kier molecular flexibility index (Phi) is 6.32. The number of benzene rings is 1. The maximum atomic E-state index is 9.54. The van der Waals surface area contributed by atoms with Crippen LogP contribution in [-0.2, 0) is 6.42 Å². The predicted octanol–water partition coefficient (Wildman–Crippen LogP) is 2.71. The third-order valence-electron chi connectivity index (χ3n) is 4.14. The molecule has 0 aliphatic rings. The Morgan fingerprint density at radius 2 is 1.74 bits per heavy atom. The number of aliphatic hydroxyl groups excluding tert-OH is 1. The van der Waals surface area contributed by atoms with Gasteiger partial charge >= 0.3 is 0 Å². The average molecular weight is 265 g/mol. The summed E-state index contributed by atoms with van der Waals surface area (Å²) in [6.07, 6.45) is 2.90. The summed E-state index contributed by atoms with van der Waals surface area (Å²) in [4.78, 5) is 0. The van der Waals surface area contributed by atoms with E-state index in [-0.39, 0.29) is 12.0 Å². The van der Waals surface area contributed by atoms with Gasteiger partial charge in [0, 0.05) is 24.6 Å². The lowest BCUT2D eigenvalue weighted by molar-refractivity contribution is 0.110. The molecule has 1 atom stereocenters. The lowest BCUT2D eigenvalue weighted by Gasteiger charge is -2.31. The molecule has 108 valence electrons. The molecule has 0 saturated heterocycles. The minimum absolute atomic E-state index is 0.00319. The van der Waals surface area contributed by atoms with Gasteiger partial charge in [-0.2, -0.15) is 0 Å². The number of phenols is 1. The van der Waals surface area contributed by atoms with Crippen molar-refractivity contribution < 1.29 is 10.2 Å². The minimum atomic E-state index is 0.00319. The molecule has 0 bridgehead atoms. The summed E-state index contributed by atoms with van der Waals surface area (Å²) in [6.45, 7) is 7.49. The highest BCUT2D eigenvalue weighted by Crippen LogP contribution is 2.24. The molecule has 1 unspecified atom stereocenters. The van der Waals surface area contributed by atoms with Crippen LogP contribution in [-0.4, -0.2) is 29.4 Å². The highest BCUT2D eigenvalue weighted by atomic mass is 16.3. The van der Waals surface area contributed by atoms with Crippen LogP contribution in [0.4, 0.5) is 0 Å². The Bertz CT molecular complexity index is 349. The van der Waals surface area contributed by atoms with Gasteiger partial charge in [-0.3, -0.25) is 0 Å². The van der Waals surface area contributed by atoms with Crippen LogP contribution in [0.5, 0.6) is 5.75 Å². The Morgan fingerprint density at radius 1 is 1.16 bits per heavy atom. The summed E-state index contributed by atoms with van der Waals surface area (Å²) in [5.74, 6) is 0.306. The zero-order valence-electron chi connectivity index (χ0n) is 12.3. The Morgan fingerprint density at radius 3 is 2.21 bits per heavy atom. The molecule has 3 N–H and O–H groups in total. The van der Waals surface area contributed by atoms with Gasteiger partial charge in [-0.15, -0.1) is 0 Å². The van der Waals surface area contributed by atoms with E-state index in [4.69, 9.17) is 0 Å². The molecule has 3 nitrogen and oxygen atoms in total. The summed E-state index contributed by atoms with van der Waals surface area (Å²) < 4.78 is 0. The Hall–Kier alpha value is -1.06. The fourth-order valence-electron chi connectivity index (χ4n) is 2.23. The third kappa shape index (κ3) is 4.84. The van der Waals surface area contributed by atoms with E-state index >= 15 is 0 Å². The molecule has 0 heterocycles. The predicted molar refractivity (Wildman–Crippen MR) is 79.4 cm³/mol. The third-order valence-corrected chi connectivity index (χ3v) is 4.14. The molecule has 1 rings (SSSR count). The smallest absolute Gasteiger partial charge is 0.115 e. The van der Waals surface area contributed by atoms with Crippen LogP contribution in [0, 0.1) is 5.41 Å². The van der Waals surface area contributed by atoms with Crippen LogP contribution in [0.25, 0.3) is 0 Å². The molecule has 19 heavy (non-hydrogen) atoms. The summed E-state index contributed by atoms with van der Waals surface area (Å²) >= 11 is 0. The lowest BCUT2D eigenvalue weighted by Crippen LogP contribution is -2.41. The van der Waals surface area contributed by atoms with Gasteiger partial charge in [0.15, 0.2) is 0 Å². The first kappa shape index (κ1) is 16.0. The zero-order valence-corrected chi connectivity index (χ0v) is 12.3. The van der Waals surface area contributed by atoms with Crippen molar-refractivity contribution in [1.29, 1.82) is 0 Å². The molecule has 0 fully saturated rings. The van der Waals surface area contributed by atoms with Gasteiger partial charge in [0.2, 0.25) is 0 Å². The van der Waals surface area contributed by atoms with Crippen molar-refractivity contribution in [2.45, 2.75) is 46.1 Å². The first-order valence-corrected chi connectivity index (χ1v) is 7.17. The van der Waals surface area contributed by atoms with Crippen LogP contribution in [0.1, 0.15) is 39.2 Å². The quantitative estimate of drug-likeness (QED) is 0.677. The molecule has 1 aromatic carbocycles. The van der Waals surface area contributed by atoms with Gasteiger partial charge in [-0.1, -0.05) is 26.0 Å². The van der Waals surface area contributed by atoms with Crippen LogP contribution in [0.2, 0.25) is 0 Å². The summed E-state index contributed by atoms with van der Waals surface area (Å²) in [7, 11) is 0. The SMILES string of the molecule is CCC(CC)(CO)CNC(C)Cc1ccc(O)cc1. The average Bonchev–Trinajstić information content (AvgIpc) is 2.44. The zero-order chi connectivity index (χ0) is 14.3.